The quantitative estimate of drug-likeness (QED) is 0.711. The molecule has 2 aliphatic rings. The summed E-state index contributed by atoms with van der Waals surface area (Å²) in [6.45, 7) is 0. The van der Waals surface area contributed by atoms with Gasteiger partial charge < -0.3 is 11.1 Å². The number of rotatable bonds is 3. The molecule has 104 valence electrons. The number of nitrogens with two attached hydrogens (primary N) is 1. The maximum absolute atomic E-state index is 12.1. The van der Waals surface area contributed by atoms with Crippen LogP contribution in [0.5, 0.6) is 0 Å². The fourth-order valence-electron chi connectivity index (χ4n) is 2.66. The van der Waals surface area contributed by atoms with Crippen molar-refractivity contribution in [3.05, 3.63) is 11.6 Å². The molecule has 6 nitrogen and oxygen atoms in total. The summed E-state index contributed by atoms with van der Waals surface area (Å²) < 4.78 is 0. The predicted molar refractivity (Wildman–Crippen MR) is 70.7 cm³/mol. The molecule has 2 saturated carbocycles. The van der Waals surface area contributed by atoms with Crippen LogP contribution in [0, 0.1) is 0 Å². The monoisotopic (exact) mass is 263 g/mol. The third-order valence-corrected chi connectivity index (χ3v) is 4.06. The van der Waals surface area contributed by atoms with Gasteiger partial charge in [0.1, 0.15) is 5.82 Å². The molecular formula is C13H21N5O. The molecule has 0 radical (unpaired) electrons. The first-order valence-electron chi connectivity index (χ1n) is 7.23. The van der Waals surface area contributed by atoms with Crippen molar-refractivity contribution in [2.75, 3.05) is 0 Å². The highest BCUT2D eigenvalue weighted by molar-refractivity contribution is 5.90. The summed E-state index contributed by atoms with van der Waals surface area (Å²) in [4.78, 5) is 16.4. The Morgan fingerprint density at radius 1 is 1.21 bits per heavy atom. The van der Waals surface area contributed by atoms with Gasteiger partial charge in [-0.05, 0) is 25.7 Å². The molecule has 6 heteroatoms. The number of hydrogen-bond acceptors (Lipinski definition) is 4. The average Bonchev–Trinajstić information content (AvgIpc) is 3.17. The lowest BCUT2D eigenvalue weighted by atomic mass is 10.0. The van der Waals surface area contributed by atoms with Crippen molar-refractivity contribution in [3.8, 4) is 0 Å². The summed E-state index contributed by atoms with van der Waals surface area (Å²) in [6.07, 6.45) is 7.69. The van der Waals surface area contributed by atoms with E-state index in [0.29, 0.717) is 5.92 Å². The number of carbonyl (C=O) groups is 1. The molecule has 0 saturated heterocycles. The molecule has 4 N–H and O–H groups in total. The molecule has 2 fully saturated rings. The molecule has 2 aliphatic carbocycles. The maximum atomic E-state index is 12.1. The van der Waals surface area contributed by atoms with E-state index in [4.69, 9.17) is 5.73 Å². The van der Waals surface area contributed by atoms with E-state index >= 15 is 0 Å². The first kappa shape index (κ1) is 12.6. The summed E-state index contributed by atoms with van der Waals surface area (Å²) >= 11 is 0. The van der Waals surface area contributed by atoms with Gasteiger partial charge in [-0.15, -0.1) is 5.10 Å². The van der Waals surface area contributed by atoms with Crippen molar-refractivity contribution in [1.82, 2.24) is 20.5 Å². The van der Waals surface area contributed by atoms with Crippen molar-refractivity contribution in [3.63, 3.8) is 0 Å². The Morgan fingerprint density at radius 2 is 2.00 bits per heavy atom. The zero-order chi connectivity index (χ0) is 13.2. The van der Waals surface area contributed by atoms with Crippen LogP contribution in [-0.2, 0) is 0 Å². The van der Waals surface area contributed by atoms with Gasteiger partial charge in [0.15, 0.2) is 0 Å². The summed E-state index contributed by atoms with van der Waals surface area (Å²) in [5, 5.41) is 9.85. The lowest BCUT2D eigenvalue weighted by molar-refractivity contribution is 0.0918. The van der Waals surface area contributed by atoms with Crippen LogP contribution in [0.2, 0.25) is 0 Å². The molecule has 1 aromatic heterocycles. The third kappa shape index (κ3) is 2.94. The SMILES string of the molecule is NC1CCCCCC1NC(=O)c1n[nH]c(C2CC2)n1. The minimum Gasteiger partial charge on any atom is -0.345 e. The lowest BCUT2D eigenvalue weighted by Gasteiger charge is -2.21. The van der Waals surface area contributed by atoms with Crippen molar-refractivity contribution in [2.45, 2.75) is 62.9 Å². The van der Waals surface area contributed by atoms with E-state index in [0.717, 1.165) is 44.3 Å². The fraction of sp³-hybridized carbons (Fsp3) is 0.769. The molecule has 0 spiro atoms. The highest BCUT2D eigenvalue weighted by Crippen LogP contribution is 2.37. The van der Waals surface area contributed by atoms with Crippen LogP contribution in [-0.4, -0.2) is 33.2 Å². The largest absolute Gasteiger partial charge is 0.345 e. The third-order valence-electron chi connectivity index (χ3n) is 4.06. The number of amides is 1. The molecular weight excluding hydrogens is 242 g/mol. The van der Waals surface area contributed by atoms with Gasteiger partial charge in [-0.3, -0.25) is 9.89 Å². The molecule has 19 heavy (non-hydrogen) atoms. The normalized spacial score (nSPS) is 27.8. The Balaban J connectivity index is 1.62. The molecule has 2 atom stereocenters. The Labute approximate surface area is 112 Å². The first-order valence-corrected chi connectivity index (χ1v) is 7.23. The molecule has 1 heterocycles. The molecule has 2 unspecified atom stereocenters. The van der Waals surface area contributed by atoms with Crippen LogP contribution in [0.3, 0.4) is 0 Å². The second-order valence-corrected chi connectivity index (χ2v) is 5.70. The Hall–Kier alpha value is -1.43. The lowest BCUT2D eigenvalue weighted by Crippen LogP contribution is -2.47. The Morgan fingerprint density at radius 3 is 2.79 bits per heavy atom. The number of hydrogen-bond donors (Lipinski definition) is 3. The van der Waals surface area contributed by atoms with E-state index in [9.17, 15) is 4.79 Å². The molecule has 0 aliphatic heterocycles. The minimum absolute atomic E-state index is 0.0493. The van der Waals surface area contributed by atoms with E-state index in [1.165, 1.54) is 6.42 Å². The average molecular weight is 263 g/mol. The topological polar surface area (TPSA) is 96.7 Å². The molecule has 0 bridgehead atoms. The van der Waals surface area contributed by atoms with Crippen LogP contribution in [0.4, 0.5) is 0 Å². The van der Waals surface area contributed by atoms with E-state index < -0.39 is 0 Å². The Kier molecular flexibility index (Phi) is 3.50. The van der Waals surface area contributed by atoms with Gasteiger partial charge in [-0.25, -0.2) is 4.98 Å². The van der Waals surface area contributed by atoms with E-state index in [-0.39, 0.29) is 23.8 Å². The van der Waals surface area contributed by atoms with Gasteiger partial charge in [-0.1, -0.05) is 19.3 Å². The van der Waals surface area contributed by atoms with Crippen molar-refractivity contribution in [1.29, 1.82) is 0 Å². The molecule has 1 aromatic rings. The zero-order valence-corrected chi connectivity index (χ0v) is 11.1. The smallest absolute Gasteiger partial charge is 0.291 e. The van der Waals surface area contributed by atoms with Crippen LogP contribution in [0.15, 0.2) is 0 Å². The van der Waals surface area contributed by atoms with Crippen LogP contribution in [0.1, 0.15) is 67.3 Å². The minimum atomic E-state index is -0.203. The van der Waals surface area contributed by atoms with Crippen LogP contribution < -0.4 is 11.1 Å². The van der Waals surface area contributed by atoms with E-state index in [1.807, 2.05) is 0 Å². The van der Waals surface area contributed by atoms with Gasteiger partial charge in [-0.2, -0.15) is 0 Å². The standard InChI is InChI=1S/C13H21N5O/c14-9-4-2-1-3-5-10(9)15-13(19)12-16-11(17-18-12)8-6-7-8/h8-10H,1-7,14H2,(H,15,19)(H,16,17,18). The van der Waals surface area contributed by atoms with Gasteiger partial charge in [0.05, 0.1) is 0 Å². The van der Waals surface area contributed by atoms with Crippen molar-refractivity contribution in [2.24, 2.45) is 5.73 Å². The fourth-order valence-corrected chi connectivity index (χ4v) is 2.66. The van der Waals surface area contributed by atoms with Gasteiger partial charge in [0.25, 0.3) is 5.91 Å². The molecule has 1 amide bonds. The first-order chi connectivity index (χ1) is 9.24. The summed E-state index contributed by atoms with van der Waals surface area (Å²) in [5.74, 6) is 1.37. The molecule has 3 rings (SSSR count). The van der Waals surface area contributed by atoms with Gasteiger partial charge >= 0.3 is 0 Å². The van der Waals surface area contributed by atoms with Gasteiger partial charge in [0, 0.05) is 18.0 Å². The van der Waals surface area contributed by atoms with Crippen LogP contribution in [0.25, 0.3) is 0 Å². The second-order valence-electron chi connectivity index (χ2n) is 5.70. The summed E-state index contributed by atoms with van der Waals surface area (Å²) in [5.41, 5.74) is 6.11. The number of H-pyrrole nitrogens is 1. The van der Waals surface area contributed by atoms with E-state index in [2.05, 4.69) is 20.5 Å². The van der Waals surface area contributed by atoms with Crippen LogP contribution >= 0.6 is 0 Å². The Bertz CT molecular complexity index is 454. The zero-order valence-electron chi connectivity index (χ0n) is 11.1. The highest BCUT2D eigenvalue weighted by Gasteiger charge is 2.29. The summed E-state index contributed by atoms with van der Waals surface area (Å²) in [7, 11) is 0. The summed E-state index contributed by atoms with van der Waals surface area (Å²) in [6, 6.07) is 0.103. The number of aromatic nitrogens is 3. The number of aromatic amines is 1. The maximum Gasteiger partial charge on any atom is 0.291 e. The van der Waals surface area contributed by atoms with E-state index in [1.54, 1.807) is 0 Å². The van der Waals surface area contributed by atoms with Crippen molar-refractivity contribution >= 4 is 5.91 Å². The number of carbonyl (C=O) groups excluding carboxylic acids is 1. The molecule has 0 aromatic carbocycles. The van der Waals surface area contributed by atoms with Gasteiger partial charge in [0.2, 0.25) is 5.82 Å². The second kappa shape index (κ2) is 5.28. The number of nitrogens with zero attached hydrogens (tertiary/aromatic N) is 2. The predicted octanol–water partition coefficient (Wildman–Crippen LogP) is 1.07. The van der Waals surface area contributed by atoms with Crippen molar-refractivity contribution < 1.29 is 4.79 Å². The highest BCUT2D eigenvalue weighted by atomic mass is 16.2. The number of nitrogens with one attached hydrogen (secondary N) is 2.